The molecular weight excluding hydrogens is 362 g/mol. The van der Waals surface area contributed by atoms with E-state index in [0.29, 0.717) is 25.3 Å². The van der Waals surface area contributed by atoms with Crippen molar-refractivity contribution in [1.82, 2.24) is 9.62 Å². The Morgan fingerprint density at radius 1 is 1.16 bits per heavy atom. The Morgan fingerprint density at radius 2 is 1.92 bits per heavy atom. The van der Waals surface area contributed by atoms with E-state index in [-0.39, 0.29) is 29.1 Å². The van der Waals surface area contributed by atoms with Gasteiger partial charge in [0.25, 0.3) is 0 Å². The van der Waals surface area contributed by atoms with Crippen LogP contribution in [0.4, 0.5) is 5.69 Å². The van der Waals surface area contributed by atoms with E-state index in [4.69, 9.17) is 0 Å². The van der Waals surface area contributed by atoms with E-state index < -0.39 is 10.0 Å². The smallest absolute Gasteiger partial charge is 0.243 e. The molecule has 140 valence electrons. The number of nitrogens with zero attached hydrogens (tertiary/aromatic N) is 1. The predicted octanol–water partition coefficient (Wildman–Crippen LogP) is 2.22. The second-order valence-corrected chi connectivity index (χ2v) is 8.46. The van der Waals surface area contributed by atoms with Gasteiger partial charge in [0.05, 0.1) is 10.8 Å². The van der Waals surface area contributed by atoms with Crippen molar-refractivity contribution >= 4 is 34.0 Å². The monoisotopic (exact) mass is 387 g/mol. The summed E-state index contributed by atoms with van der Waals surface area (Å²) in [6, 6.07) is 6.59. The molecule has 1 amide bonds. The molecule has 0 aliphatic carbocycles. The highest BCUT2D eigenvalue weighted by atomic mass is 35.5. The van der Waals surface area contributed by atoms with E-state index in [0.717, 1.165) is 38.6 Å². The van der Waals surface area contributed by atoms with Crippen LogP contribution in [0.3, 0.4) is 0 Å². The molecule has 8 heteroatoms. The Hall–Kier alpha value is -1.15. The van der Waals surface area contributed by atoms with Crippen molar-refractivity contribution in [2.24, 2.45) is 5.92 Å². The molecular formula is C17H26ClN3O3S. The van der Waals surface area contributed by atoms with Crippen molar-refractivity contribution < 1.29 is 13.2 Å². The number of rotatable bonds is 4. The van der Waals surface area contributed by atoms with Gasteiger partial charge < -0.3 is 10.6 Å². The Morgan fingerprint density at radius 3 is 2.60 bits per heavy atom. The number of anilines is 1. The number of halogens is 1. The first-order valence-electron chi connectivity index (χ1n) is 8.69. The van der Waals surface area contributed by atoms with Gasteiger partial charge in [0, 0.05) is 25.3 Å². The van der Waals surface area contributed by atoms with E-state index in [2.05, 4.69) is 10.6 Å². The standard InChI is InChI=1S/C17H25N3O3S.ClH/c21-17(14-6-5-9-18-13-14)19-15-7-4-8-16(12-15)24(22,23)20-10-2-1-3-11-20;/h4,7-8,12,14,18H,1-3,5-6,9-11,13H2,(H,19,21);1H. The second kappa shape index (κ2) is 8.98. The number of carbonyl (C=O) groups is 1. The summed E-state index contributed by atoms with van der Waals surface area (Å²) in [5, 5.41) is 6.08. The van der Waals surface area contributed by atoms with Gasteiger partial charge in [-0.1, -0.05) is 12.5 Å². The molecule has 2 fully saturated rings. The van der Waals surface area contributed by atoms with Crippen LogP contribution >= 0.6 is 12.4 Å². The summed E-state index contributed by atoms with van der Waals surface area (Å²) in [6.07, 6.45) is 4.75. The number of nitrogens with one attached hydrogen (secondary N) is 2. The number of benzene rings is 1. The normalized spacial score (nSPS) is 22.0. The molecule has 0 bridgehead atoms. The molecule has 2 aliphatic rings. The van der Waals surface area contributed by atoms with Crippen LogP contribution in [0.15, 0.2) is 29.2 Å². The minimum Gasteiger partial charge on any atom is -0.326 e. The Labute approximate surface area is 155 Å². The third kappa shape index (κ3) is 4.94. The summed E-state index contributed by atoms with van der Waals surface area (Å²) >= 11 is 0. The number of sulfonamides is 1. The largest absolute Gasteiger partial charge is 0.326 e. The van der Waals surface area contributed by atoms with Crippen molar-refractivity contribution in [3.63, 3.8) is 0 Å². The van der Waals surface area contributed by atoms with E-state index in [9.17, 15) is 13.2 Å². The van der Waals surface area contributed by atoms with Gasteiger partial charge in [-0.05, 0) is 50.4 Å². The Balaban J connectivity index is 0.00000225. The Kier molecular flexibility index (Phi) is 7.25. The Bertz CT molecular complexity index is 684. The maximum absolute atomic E-state index is 12.7. The van der Waals surface area contributed by atoms with Crippen LogP contribution in [-0.4, -0.2) is 44.8 Å². The third-order valence-electron chi connectivity index (χ3n) is 4.72. The first kappa shape index (κ1) is 20.2. The molecule has 2 N–H and O–H groups in total. The highest BCUT2D eigenvalue weighted by Gasteiger charge is 2.26. The fourth-order valence-electron chi connectivity index (χ4n) is 3.31. The zero-order valence-electron chi connectivity index (χ0n) is 14.2. The average Bonchev–Trinajstić information content (AvgIpc) is 2.63. The summed E-state index contributed by atoms with van der Waals surface area (Å²) in [5.41, 5.74) is 0.545. The molecule has 2 heterocycles. The molecule has 0 radical (unpaired) electrons. The molecule has 2 saturated heterocycles. The molecule has 3 rings (SSSR count). The van der Waals surface area contributed by atoms with Crippen LogP contribution in [0.2, 0.25) is 0 Å². The minimum absolute atomic E-state index is 0. The molecule has 0 aromatic heterocycles. The van der Waals surface area contributed by atoms with Gasteiger partial charge in [0.2, 0.25) is 15.9 Å². The van der Waals surface area contributed by atoms with Crippen LogP contribution in [0.5, 0.6) is 0 Å². The molecule has 2 aliphatic heterocycles. The predicted molar refractivity (Wildman–Crippen MR) is 101 cm³/mol. The molecule has 1 aromatic carbocycles. The van der Waals surface area contributed by atoms with Gasteiger partial charge in [0.15, 0.2) is 0 Å². The summed E-state index contributed by atoms with van der Waals surface area (Å²) in [4.78, 5) is 12.6. The maximum Gasteiger partial charge on any atom is 0.243 e. The van der Waals surface area contributed by atoms with Crippen molar-refractivity contribution in [2.45, 2.75) is 37.0 Å². The van der Waals surface area contributed by atoms with Gasteiger partial charge in [-0.15, -0.1) is 12.4 Å². The number of piperidine rings is 2. The summed E-state index contributed by atoms with van der Waals surface area (Å²) in [6.45, 7) is 2.78. The molecule has 1 atom stereocenters. The van der Waals surface area contributed by atoms with Crippen LogP contribution in [0.1, 0.15) is 32.1 Å². The lowest BCUT2D eigenvalue weighted by Gasteiger charge is -2.26. The van der Waals surface area contributed by atoms with E-state index in [1.165, 1.54) is 0 Å². The number of hydrogen-bond donors (Lipinski definition) is 2. The van der Waals surface area contributed by atoms with E-state index in [1.54, 1.807) is 28.6 Å². The van der Waals surface area contributed by atoms with Gasteiger partial charge in [-0.2, -0.15) is 4.31 Å². The fourth-order valence-corrected chi connectivity index (χ4v) is 4.87. The summed E-state index contributed by atoms with van der Waals surface area (Å²) in [7, 11) is -3.48. The van der Waals surface area contributed by atoms with Crippen LogP contribution < -0.4 is 10.6 Å². The van der Waals surface area contributed by atoms with Crippen molar-refractivity contribution in [3.05, 3.63) is 24.3 Å². The van der Waals surface area contributed by atoms with Crippen molar-refractivity contribution in [1.29, 1.82) is 0 Å². The van der Waals surface area contributed by atoms with Gasteiger partial charge in [0.1, 0.15) is 0 Å². The van der Waals surface area contributed by atoms with Crippen LogP contribution in [-0.2, 0) is 14.8 Å². The van der Waals surface area contributed by atoms with Gasteiger partial charge >= 0.3 is 0 Å². The molecule has 1 unspecified atom stereocenters. The van der Waals surface area contributed by atoms with Gasteiger partial charge in [-0.25, -0.2) is 8.42 Å². The third-order valence-corrected chi connectivity index (χ3v) is 6.62. The van der Waals surface area contributed by atoms with Crippen molar-refractivity contribution in [2.75, 3.05) is 31.5 Å². The van der Waals surface area contributed by atoms with E-state index in [1.807, 2.05) is 0 Å². The zero-order valence-corrected chi connectivity index (χ0v) is 15.9. The highest BCUT2D eigenvalue weighted by molar-refractivity contribution is 7.89. The van der Waals surface area contributed by atoms with E-state index >= 15 is 0 Å². The lowest BCUT2D eigenvalue weighted by Crippen LogP contribution is -2.37. The lowest BCUT2D eigenvalue weighted by atomic mass is 9.99. The average molecular weight is 388 g/mol. The first-order chi connectivity index (χ1) is 11.6. The van der Waals surface area contributed by atoms with Crippen LogP contribution in [0.25, 0.3) is 0 Å². The first-order valence-corrected chi connectivity index (χ1v) is 10.1. The summed E-state index contributed by atoms with van der Waals surface area (Å²) < 4.78 is 27.0. The maximum atomic E-state index is 12.7. The molecule has 25 heavy (non-hydrogen) atoms. The number of carbonyl (C=O) groups excluding carboxylic acids is 1. The summed E-state index contributed by atoms with van der Waals surface area (Å²) in [5.74, 6) is -0.101. The fraction of sp³-hybridized carbons (Fsp3) is 0.588. The second-order valence-electron chi connectivity index (χ2n) is 6.53. The number of amides is 1. The zero-order chi connectivity index (χ0) is 17.0. The quantitative estimate of drug-likeness (QED) is 0.830. The topological polar surface area (TPSA) is 78.5 Å². The number of hydrogen-bond acceptors (Lipinski definition) is 4. The van der Waals surface area contributed by atoms with Crippen molar-refractivity contribution in [3.8, 4) is 0 Å². The SMILES string of the molecule is Cl.O=C(Nc1cccc(S(=O)(=O)N2CCCCC2)c1)C1CCCNC1. The lowest BCUT2D eigenvalue weighted by molar-refractivity contribution is -0.120. The molecule has 0 saturated carbocycles. The highest BCUT2D eigenvalue weighted by Crippen LogP contribution is 2.23. The van der Waals surface area contributed by atoms with Gasteiger partial charge in [-0.3, -0.25) is 4.79 Å². The minimum atomic E-state index is -3.48. The molecule has 1 aromatic rings. The van der Waals surface area contributed by atoms with Crippen LogP contribution in [0, 0.1) is 5.92 Å². The molecule has 6 nitrogen and oxygen atoms in total. The molecule has 0 spiro atoms.